The zero-order valence-corrected chi connectivity index (χ0v) is 11.0. The van der Waals surface area contributed by atoms with E-state index >= 15 is 0 Å². The van der Waals surface area contributed by atoms with Crippen LogP contribution in [-0.4, -0.2) is 29.6 Å². The number of carboxylic acid groups (broad SMARTS) is 1. The maximum Gasteiger partial charge on any atom is 0.337 e. The number of carbonyl (C=O) groups excluding carboxylic acids is 1. The van der Waals surface area contributed by atoms with E-state index in [1.54, 1.807) is 0 Å². The van der Waals surface area contributed by atoms with Gasteiger partial charge in [-0.15, -0.1) is 0 Å². The molecule has 1 aliphatic heterocycles. The Morgan fingerprint density at radius 3 is 2.74 bits per heavy atom. The smallest absolute Gasteiger partial charge is 0.337 e. The fraction of sp³-hybridized carbons (Fsp3) is 0.385. The lowest BCUT2D eigenvalue weighted by Crippen LogP contribution is -2.43. The van der Waals surface area contributed by atoms with Crippen LogP contribution in [0.15, 0.2) is 18.2 Å². The molecule has 102 valence electrons. The summed E-state index contributed by atoms with van der Waals surface area (Å²) in [5.41, 5.74) is 0.530. The lowest BCUT2D eigenvalue weighted by Gasteiger charge is -2.22. The Bertz CT molecular complexity index is 499. The monoisotopic (exact) mass is 282 g/mol. The maximum atomic E-state index is 12.0. The van der Waals surface area contributed by atoms with E-state index in [0.717, 1.165) is 25.8 Å². The van der Waals surface area contributed by atoms with Crippen molar-refractivity contribution in [1.29, 1.82) is 0 Å². The summed E-state index contributed by atoms with van der Waals surface area (Å²) in [4.78, 5) is 22.8. The van der Waals surface area contributed by atoms with Crippen molar-refractivity contribution in [2.75, 3.05) is 11.9 Å². The van der Waals surface area contributed by atoms with E-state index in [4.69, 9.17) is 16.7 Å². The molecule has 1 aromatic rings. The van der Waals surface area contributed by atoms with Crippen molar-refractivity contribution in [1.82, 2.24) is 5.32 Å². The van der Waals surface area contributed by atoms with Gasteiger partial charge in [-0.1, -0.05) is 18.0 Å². The Kier molecular flexibility index (Phi) is 4.39. The summed E-state index contributed by atoms with van der Waals surface area (Å²) in [5, 5.41) is 14.9. The van der Waals surface area contributed by atoms with Crippen molar-refractivity contribution in [2.24, 2.45) is 0 Å². The number of carboxylic acids is 1. The van der Waals surface area contributed by atoms with E-state index in [1.165, 1.54) is 18.2 Å². The second kappa shape index (κ2) is 6.04. The molecule has 0 bridgehead atoms. The summed E-state index contributed by atoms with van der Waals surface area (Å²) in [6, 6.07) is 4.18. The molecule has 1 saturated heterocycles. The number of aromatic carboxylic acids is 1. The largest absolute Gasteiger partial charge is 0.478 e. The average molecular weight is 283 g/mol. The van der Waals surface area contributed by atoms with E-state index < -0.39 is 5.97 Å². The number of hydrogen-bond donors (Lipinski definition) is 3. The first-order chi connectivity index (χ1) is 9.08. The quantitative estimate of drug-likeness (QED) is 0.793. The predicted molar refractivity (Wildman–Crippen MR) is 72.7 cm³/mol. The molecule has 1 amide bonds. The summed E-state index contributed by atoms with van der Waals surface area (Å²) in [5.74, 6) is -1.20. The standard InChI is InChI=1S/C13H15ClN2O3/c14-10-7-8(4-5-9(10)13(18)19)16-12(17)11-3-1-2-6-15-11/h4-5,7,11,15H,1-3,6H2,(H,16,17)(H,18,19)/t11-/m1/s1. The number of anilines is 1. The number of nitrogens with one attached hydrogen (secondary N) is 2. The number of benzene rings is 1. The highest BCUT2D eigenvalue weighted by molar-refractivity contribution is 6.33. The van der Waals surface area contributed by atoms with Crippen molar-refractivity contribution in [3.63, 3.8) is 0 Å². The SMILES string of the molecule is O=C(O)c1ccc(NC(=O)[C@H]2CCCCN2)cc1Cl. The molecule has 5 nitrogen and oxygen atoms in total. The number of hydrogen-bond acceptors (Lipinski definition) is 3. The minimum Gasteiger partial charge on any atom is -0.478 e. The van der Waals surface area contributed by atoms with Crippen molar-refractivity contribution in [2.45, 2.75) is 25.3 Å². The van der Waals surface area contributed by atoms with Crippen molar-refractivity contribution in [3.05, 3.63) is 28.8 Å². The van der Waals surface area contributed by atoms with Gasteiger partial charge in [0, 0.05) is 5.69 Å². The zero-order chi connectivity index (χ0) is 13.8. The molecule has 0 spiro atoms. The second-order valence-electron chi connectivity index (χ2n) is 4.49. The van der Waals surface area contributed by atoms with E-state index in [0.29, 0.717) is 5.69 Å². The van der Waals surface area contributed by atoms with E-state index in [-0.39, 0.29) is 22.5 Å². The number of piperidine rings is 1. The summed E-state index contributed by atoms with van der Waals surface area (Å²) >= 11 is 5.85. The summed E-state index contributed by atoms with van der Waals surface area (Å²) < 4.78 is 0. The third-order valence-electron chi connectivity index (χ3n) is 3.09. The highest BCUT2D eigenvalue weighted by Crippen LogP contribution is 2.21. The molecule has 0 saturated carbocycles. The number of amides is 1. The summed E-state index contributed by atoms with van der Waals surface area (Å²) in [7, 11) is 0. The van der Waals surface area contributed by atoms with Gasteiger partial charge in [0.1, 0.15) is 0 Å². The lowest BCUT2D eigenvalue weighted by atomic mass is 10.0. The van der Waals surface area contributed by atoms with Crippen LogP contribution in [0.3, 0.4) is 0 Å². The highest BCUT2D eigenvalue weighted by atomic mass is 35.5. The van der Waals surface area contributed by atoms with Crippen LogP contribution in [0.4, 0.5) is 5.69 Å². The molecular formula is C13H15ClN2O3. The van der Waals surface area contributed by atoms with Crippen molar-refractivity contribution in [3.8, 4) is 0 Å². The Labute approximate surface area is 116 Å². The summed E-state index contributed by atoms with van der Waals surface area (Å²) in [6.07, 6.45) is 2.93. The molecule has 2 rings (SSSR count). The third-order valence-corrected chi connectivity index (χ3v) is 3.41. The second-order valence-corrected chi connectivity index (χ2v) is 4.90. The van der Waals surface area contributed by atoms with Crippen LogP contribution in [0.25, 0.3) is 0 Å². The molecule has 3 N–H and O–H groups in total. The molecule has 1 aliphatic rings. The van der Waals surface area contributed by atoms with E-state index in [2.05, 4.69) is 10.6 Å². The molecule has 19 heavy (non-hydrogen) atoms. The van der Waals surface area contributed by atoms with E-state index in [1.807, 2.05) is 0 Å². The van der Waals surface area contributed by atoms with Gasteiger partial charge >= 0.3 is 5.97 Å². The van der Waals surface area contributed by atoms with Gasteiger partial charge in [-0.25, -0.2) is 4.79 Å². The van der Waals surface area contributed by atoms with Crippen LogP contribution in [0.1, 0.15) is 29.6 Å². The molecule has 1 aromatic carbocycles. The van der Waals surface area contributed by atoms with Gasteiger partial charge in [0.05, 0.1) is 16.6 Å². The van der Waals surface area contributed by atoms with Crippen LogP contribution < -0.4 is 10.6 Å². The molecule has 0 aromatic heterocycles. The van der Waals surface area contributed by atoms with Crippen molar-refractivity contribution >= 4 is 29.2 Å². The van der Waals surface area contributed by atoms with Crippen LogP contribution in [0.5, 0.6) is 0 Å². The highest BCUT2D eigenvalue weighted by Gasteiger charge is 2.20. The average Bonchev–Trinajstić information content (AvgIpc) is 2.39. The van der Waals surface area contributed by atoms with Gasteiger partial charge in [-0.05, 0) is 37.6 Å². The van der Waals surface area contributed by atoms with Gasteiger partial charge in [-0.3, -0.25) is 4.79 Å². The Morgan fingerprint density at radius 2 is 2.16 bits per heavy atom. The molecule has 0 unspecified atom stereocenters. The molecule has 0 aliphatic carbocycles. The molecule has 6 heteroatoms. The molecule has 1 atom stereocenters. The molecule has 0 radical (unpaired) electrons. The first-order valence-electron chi connectivity index (χ1n) is 6.15. The number of rotatable bonds is 3. The Morgan fingerprint density at radius 1 is 1.37 bits per heavy atom. The first kappa shape index (κ1) is 13.8. The zero-order valence-electron chi connectivity index (χ0n) is 10.3. The van der Waals surface area contributed by atoms with Gasteiger partial charge in [0.2, 0.25) is 5.91 Å². The Hall–Kier alpha value is -1.59. The van der Waals surface area contributed by atoms with Crippen molar-refractivity contribution < 1.29 is 14.7 Å². The third kappa shape index (κ3) is 3.45. The van der Waals surface area contributed by atoms with E-state index in [9.17, 15) is 9.59 Å². The first-order valence-corrected chi connectivity index (χ1v) is 6.53. The molecule has 1 heterocycles. The van der Waals surface area contributed by atoms with Crippen LogP contribution in [-0.2, 0) is 4.79 Å². The molecular weight excluding hydrogens is 268 g/mol. The van der Waals surface area contributed by atoms with Gasteiger partial charge < -0.3 is 15.7 Å². The number of halogens is 1. The lowest BCUT2D eigenvalue weighted by molar-refractivity contribution is -0.118. The fourth-order valence-electron chi connectivity index (χ4n) is 2.07. The van der Waals surface area contributed by atoms with Crippen LogP contribution in [0, 0.1) is 0 Å². The molecule has 1 fully saturated rings. The summed E-state index contributed by atoms with van der Waals surface area (Å²) in [6.45, 7) is 0.844. The Balaban J connectivity index is 2.04. The number of carbonyl (C=O) groups is 2. The predicted octanol–water partition coefficient (Wildman–Crippen LogP) is 2.12. The fourth-order valence-corrected chi connectivity index (χ4v) is 2.33. The van der Waals surface area contributed by atoms with Crippen LogP contribution >= 0.6 is 11.6 Å². The van der Waals surface area contributed by atoms with Gasteiger partial charge in [-0.2, -0.15) is 0 Å². The van der Waals surface area contributed by atoms with Crippen LogP contribution in [0.2, 0.25) is 5.02 Å². The van der Waals surface area contributed by atoms with Gasteiger partial charge in [0.25, 0.3) is 0 Å². The topological polar surface area (TPSA) is 78.4 Å². The maximum absolute atomic E-state index is 12.0. The minimum atomic E-state index is -1.09. The van der Waals surface area contributed by atoms with Gasteiger partial charge in [0.15, 0.2) is 0 Å². The normalized spacial score (nSPS) is 18.9. The minimum absolute atomic E-state index is 0.0236.